The predicted molar refractivity (Wildman–Crippen MR) is 95.8 cm³/mol. The van der Waals surface area contributed by atoms with Crippen molar-refractivity contribution in [2.45, 2.75) is 76.3 Å². The Kier molecular flexibility index (Phi) is 5.87. The van der Waals surface area contributed by atoms with Crippen LogP contribution in [0.1, 0.15) is 70.4 Å². The summed E-state index contributed by atoms with van der Waals surface area (Å²) in [4.78, 5) is 4.79. The van der Waals surface area contributed by atoms with Gasteiger partial charge >= 0.3 is 141 Å². The second-order valence-electron chi connectivity index (χ2n) is 6.58. The van der Waals surface area contributed by atoms with Gasteiger partial charge in [0, 0.05) is 0 Å². The van der Waals surface area contributed by atoms with Crippen LogP contribution < -0.4 is 0 Å². The van der Waals surface area contributed by atoms with Gasteiger partial charge < -0.3 is 0 Å². The maximum absolute atomic E-state index is 11.0. The predicted octanol–water partition coefficient (Wildman–Crippen LogP) is 4.71. The summed E-state index contributed by atoms with van der Waals surface area (Å²) in [6.45, 7) is 8.68. The minimum absolute atomic E-state index is 0.267. The quantitative estimate of drug-likeness (QED) is 0.727. The van der Waals surface area contributed by atoms with Crippen molar-refractivity contribution in [2.75, 3.05) is 0 Å². The number of benzene rings is 1. The van der Waals surface area contributed by atoms with E-state index in [-0.39, 0.29) is 4.31 Å². The molecule has 1 aromatic rings. The SMILES string of the molecule is CCCC1(CCC)CC(O)(CC)N=C(c2ccc(C)cc2)[Se]1. The van der Waals surface area contributed by atoms with Gasteiger partial charge in [-0.1, -0.05) is 0 Å². The first-order valence-electron chi connectivity index (χ1n) is 8.54. The molecule has 1 aliphatic heterocycles. The van der Waals surface area contributed by atoms with Crippen LogP contribution in [0.3, 0.4) is 0 Å². The van der Waals surface area contributed by atoms with Crippen LogP contribution in [-0.4, -0.2) is 30.4 Å². The fourth-order valence-corrected chi connectivity index (χ4v) is 7.11. The molecule has 1 atom stereocenters. The summed E-state index contributed by atoms with van der Waals surface area (Å²) >= 11 is 0.329. The molecule has 1 N–H and O–H groups in total. The molecule has 0 amide bonds. The first-order valence-corrected chi connectivity index (χ1v) is 10.3. The van der Waals surface area contributed by atoms with Crippen molar-refractivity contribution >= 4 is 19.6 Å². The summed E-state index contributed by atoms with van der Waals surface area (Å²) in [6, 6.07) is 8.63. The molecule has 22 heavy (non-hydrogen) atoms. The standard InChI is InChI=1S/C19H29NOSe/c1-5-12-18(13-6-2)14-19(21,7-3)20-17(22-18)16-10-8-15(4)9-11-16/h8-11,21H,5-7,12-14H2,1-4H3. The van der Waals surface area contributed by atoms with E-state index in [9.17, 15) is 5.11 Å². The maximum atomic E-state index is 11.0. The zero-order chi connectivity index (χ0) is 16.2. The summed E-state index contributed by atoms with van der Waals surface area (Å²) in [5.41, 5.74) is 1.60. The van der Waals surface area contributed by atoms with Gasteiger partial charge in [0.2, 0.25) is 0 Å². The number of aryl methyl sites for hydroxylation is 1. The molecule has 0 saturated heterocycles. The van der Waals surface area contributed by atoms with E-state index in [2.05, 4.69) is 52.0 Å². The van der Waals surface area contributed by atoms with Crippen LogP contribution in [-0.2, 0) is 0 Å². The minimum atomic E-state index is -0.870. The monoisotopic (exact) mass is 367 g/mol. The number of aliphatic hydroxyl groups is 1. The molecule has 2 rings (SSSR count). The van der Waals surface area contributed by atoms with Crippen molar-refractivity contribution in [2.24, 2.45) is 4.99 Å². The van der Waals surface area contributed by atoms with Crippen molar-refractivity contribution in [3.05, 3.63) is 35.4 Å². The first-order chi connectivity index (χ1) is 10.5. The van der Waals surface area contributed by atoms with E-state index in [4.69, 9.17) is 4.99 Å². The van der Waals surface area contributed by atoms with Crippen LogP contribution in [0.4, 0.5) is 0 Å². The second kappa shape index (κ2) is 7.29. The number of rotatable bonds is 6. The Balaban J connectivity index is 2.41. The van der Waals surface area contributed by atoms with Gasteiger partial charge in [0.25, 0.3) is 0 Å². The Labute approximate surface area is 141 Å². The topological polar surface area (TPSA) is 32.6 Å². The Bertz CT molecular complexity index is 517. The average Bonchev–Trinajstić information content (AvgIpc) is 2.48. The molecule has 122 valence electrons. The summed E-state index contributed by atoms with van der Waals surface area (Å²) in [5, 5.41) is 11.0. The fraction of sp³-hybridized carbons (Fsp3) is 0.632. The van der Waals surface area contributed by atoms with Gasteiger partial charge in [-0.25, -0.2) is 0 Å². The van der Waals surface area contributed by atoms with E-state index >= 15 is 0 Å². The fourth-order valence-electron chi connectivity index (χ4n) is 3.35. The van der Waals surface area contributed by atoms with Crippen molar-refractivity contribution in [3.8, 4) is 0 Å². The molecule has 3 heteroatoms. The Hall–Kier alpha value is -0.631. The molecular weight excluding hydrogens is 337 g/mol. The van der Waals surface area contributed by atoms with Gasteiger partial charge in [-0.3, -0.25) is 0 Å². The van der Waals surface area contributed by atoms with E-state index in [1.807, 2.05) is 0 Å². The van der Waals surface area contributed by atoms with Crippen LogP contribution in [0.2, 0.25) is 4.31 Å². The average molecular weight is 366 g/mol. The van der Waals surface area contributed by atoms with Gasteiger partial charge in [-0.05, 0) is 0 Å². The third-order valence-electron chi connectivity index (χ3n) is 4.50. The Morgan fingerprint density at radius 3 is 2.18 bits per heavy atom. The first kappa shape index (κ1) is 17.7. The van der Waals surface area contributed by atoms with Crippen LogP contribution in [0, 0.1) is 6.92 Å². The third-order valence-corrected chi connectivity index (χ3v) is 7.66. The van der Waals surface area contributed by atoms with Crippen molar-refractivity contribution in [1.29, 1.82) is 0 Å². The van der Waals surface area contributed by atoms with Crippen molar-refractivity contribution in [1.82, 2.24) is 0 Å². The van der Waals surface area contributed by atoms with Gasteiger partial charge in [0.05, 0.1) is 0 Å². The molecule has 0 saturated carbocycles. The van der Waals surface area contributed by atoms with E-state index in [1.165, 1.54) is 36.8 Å². The Morgan fingerprint density at radius 2 is 1.68 bits per heavy atom. The molecule has 0 aliphatic carbocycles. The molecule has 1 heterocycles. The summed E-state index contributed by atoms with van der Waals surface area (Å²) in [7, 11) is 0. The molecule has 1 unspecified atom stereocenters. The molecule has 0 spiro atoms. The van der Waals surface area contributed by atoms with Crippen LogP contribution in [0.15, 0.2) is 29.3 Å². The molecule has 0 radical (unpaired) electrons. The number of hydrogen-bond acceptors (Lipinski definition) is 2. The van der Waals surface area contributed by atoms with E-state index in [1.54, 1.807) is 0 Å². The number of hydrogen-bond donors (Lipinski definition) is 1. The Morgan fingerprint density at radius 1 is 1.09 bits per heavy atom. The van der Waals surface area contributed by atoms with E-state index < -0.39 is 5.72 Å². The van der Waals surface area contributed by atoms with E-state index in [0.29, 0.717) is 21.4 Å². The van der Waals surface area contributed by atoms with E-state index in [0.717, 1.165) is 11.0 Å². The zero-order valence-corrected chi connectivity index (χ0v) is 16.1. The van der Waals surface area contributed by atoms with Crippen molar-refractivity contribution in [3.63, 3.8) is 0 Å². The third kappa shape index (κ3) is 4.01. The molecule has 1 aliphatic rings. The van der Waals surface area contributed by atoms with Gasteiger partial charge in [-0.2, -0.15) is 0 Å². The van der Waals surface area contributed by atoms with Gasteiger partial charge in [0.1, 0.15) is 0 Å². The summed E-state index contributed by atoms with van der Waals surface area (Å²) in [6.07, 6.45) is 6.31. The molecule has 2 nitrogen and oxygen atoms in total. The second-order valence-corrected chi connectivity index (χ2v) is 9.64. The molecule has 0 bridgehead atoms. The number of aliphatic imine (C=N–C) groups is 1. The summed E-state index contributed by atoms with van der Waals surface area (Å²) in [5.74, 6) is 0. The number of nitrogens with zero attached hydrogens (tertiary/aromatic N) is 1. The van der Waals surface area contributed by atoms with Crippen LogP contribution in [0.5, 0.6) is 0 Å². The van der Waals surface area contributed by atoms with Crippen LogP contribution in [0.25, 0.3) is 0 Å². The molecule has 1 aromatic carbocycles. The normalized spacial score (nSPS) is 24.1. The van der Waals surface area contributed by atoms with Gasteiger partial charge in [-0.15, -0.1) is 0 Å². The molecule has 0 fully saturated rings. The van der Waals surface area contributed by atoms with Gasteiger partial charge in [0.15, 0.2) is 0 Å². The molecular formula is C19H29NOSe. The zero-order valence-electron chi connectivity index (χ0n) is 14.4. The summed E-state index contributed by atoms with van der Waals surface area (Å²) < 4.78 is 1.42. The molecule has 0 aromatic heterocycles. The van der Waals surface area contributed by atoms with Crippen molar-refractivity contribution < 1.29 is 5.11 Å². The van der Waals surface area contributed by atoms with Crippen LogP contribution >= 0.6 is 0 Å².